The lowest BCUT2D eigenvalue weighted by Gasteiger charge is -2.26. The van der Waals surface area contributed by atoms with E-state index in [1.54, 1.807) is 35.0 Å². The molecule has 9 nitrogen and oxygen atoms in total. The number of carbonyl (C=O) groups is 1. The molecule has 0 bridgehead atoms. The highest BCUT2D eigenvalue weighted by molar-refractivity contribution is 7.16. The predicted octanol–water partition coefficient (Wildman–Crippen LogP) is 3.65. The first-order valence-corrected chi connectivity index (χ1v) is 12.4. The molecule has 1 N–H and O–H groups in total. The molecule has 1 fully saturated rings. The van der Waals surface area contributed by atoms with Gasteiger partial charge in [-0.05, 0) is 36.4 Å². The van der Waals surface area contributed by atoms with E-state index in [1.807, 2.05) is 18.2 Å². The lowest BCUT2D eigenvalue weighted by atomic mass is 10.2. The molecule has 35 heavy (non-hydrogen) atoms. The van der Waals surface area contributed by atoms with Gasteiger partial charge in [-0.1, -0.05) is 11.6 Å². The van der Waals surface area contributed by atoms with Crippen LogP contribution < -0.4 is 10.9 Å². The maximum Gasteiger partial charge on any atom is 0.315 e. The molecule has 0 saturated carbocycles. The van der Waals surface area contributed by atoms with Crippen LogP contribution in [-0.2, 0) is 17.8 Å². The fourth-order valence-corrected chi connectivity index (χ4v) is 4.93. The van der Waals surface area contributed by atoms with Crippen LogP contribution in [0.1, 0.15) is 15.4 Å². The summed E-state index contributed by atoms with van der Waals surface area (Å²) in [5.74, 6) is 0.170. The number of morpholine rings is 1. The molecular formula is C24H24ClN5O4S. The van der Waals surface area contributed by atoms with Gasteiger partial charge in [0.2, 0.25) is 0 Å². The number of hydrogen-bond donors (Lipinski definition) is 1. The lowest BCUT2D eigenvalue weighted by molar-refractivity contribution is 0.0363. The molecular weight excluding hydrogens is 490 g/mol. The number of halogens is 1. The van der Waals surface area contributed by atoms with Gasteiger partial charge >= 0.3 is 5.91 Å². The summed E-state index contributed by atoms with van der Waals surface area (Å²) >= 11 is 7.49. The molecule has 1 aliphatic heterocycles. The zero-order valence-corrected chi connectivity index (χ0v) is 20.4. The number of nitrogens with zero attached hydrogens (tertiary/aromatic N) is 4. The van der Waals surface area contributed by atoms with Gasteiger partial charge < -0.3 is 19.0 Å². The van der Waals surface area contributed by atoms with E-state index in [0.717, 1.165) is 24.5 Å². The van der Waals surface area contributed by atoms with Crippen molar-refractivity contribution in [3.8, 4) is 11.3 Å². The largest absolute Gasteiger partial charge is 0.459 e. The second-order valence-corrected chi connectivity index (χ2v) is 9.84. The van der Waals surface area contributed by atoms with Crippen LogP contribution in [0.3, 0.4) is 0 Å². The Balaban J connectivity index is 1.42. The molecule has 0 spiro atoms. The first-order chi connectivity index (χ1) is 17.1. The Hall–Kier alpha value is -3.18. The Bertz CT molecular complexity index is 1350. The highest BCUT2D eigenvalue weighted by Crippen LogP contribution is 2.25. The summed E-state index contributed by atoms with van der Waals surface area (Å²) in [5.41, 5.74) is 0.664. The van der Waals surface area contributed by atoms with Crippen molar-refractivity contribution in [2.24, 2.45) is 0 Å². The number of thiophene rings is 1. The number of hydrogen-bond acceptors (Lipinski definition) is 8. The fraction of sp³-hybridized carbons (Fsp3) is 0.292. The van der Waals surface area contributed by atoms with Crippen LogP contribution in [-0.4, -0.2) is 58.0 Å². The summed E-state index contributed by atoms with van der Waals surface area (Å²) in [6.07, 6.45) is 3.21. The number of carbonyl (C=O) groups excluding carboxylic acids is 1. The molecule has 0 unspecified atom stereocenters. The Kier molecular flexibility index (Phi) is 7.14. The molecule has 5 heterocycles. The van der Waals surface area contributed by atoms with E-state index in [4.69, 9.17) is 20.8 Å². The summed E-state index contributed by atoms with van der Waals surface area (Å²) in [6, 6.07) is 12.2. The summed E-state index contributed by atoms with van der Waals surface area (Å²) in [6.45, 7) is 4.91. The molecule has 0 aliphatic carbocycles. The van der Waals surface area contributed by atoms with Crippen molar-refractivity contribution in [3.63, 3.8) is 0 Å². The normalized spacial score (nSPS) is 14.3. The summed E-state index contributed by atoms with van der Waals surface area (Å²) in [5, 5.41) is 7.73. The standard InChI is InChI=1S/C24H24ClN5O4S/c25-21-6-5-17(35-21)16-26-22-15-19(27-30(22)24(32)20-4-2-12-34-20)18-3-1-7-29(23(18)31)9-8-28-10-13-33-14-11-28/h1-7,12,15,26H,8-11,13-14,16H2. The first kappa shape index (κ1) is 23.6. The van der Waals surface area contributed by atoms with Gasteiger partial charge in [0.05, 0.1) is 35.9 Å². The van der Waals surface area contributed by atoms with Crippen molar-refractivity contribution in [1.82, 2.24) is 19.2 Å². The van der Waals surface area contributed by atoms with Crippen LogP contribution in [0.15, 0.2) is 64.1 Å². The minimum absolute atomic E-state index is 0.151. The van der Waals surface area contributed by atoms with Crippen molar-refractivity contribution < 1.29 is 13.9 Å². The van der Waals surface area contributed by atoms with Gasteiger partial charge in [-0.15, -0.1) is 11.3 Å². The summed E-state index contributed by atoms with van der Waals surface area (Å²) in [7, 11) is 0. The van der Waals surface area contributed by atoms with E-state index < -0.39 is 5.91 Å². The van der Waals surface area contributed by atoms with Gasteiger partial charge in [-0.25, -0.2) is 0 Å². The van der Waals surface area contributed by atoms with E-state index in [1.165, 1.54) is 22.3 Å². The lowest BCUT2D eigenvalue weighted by Crippen LogP contribution is -2.39. The van der Waals surface area contributed by atoms with Gasteiger partial charge in [0.25, 0.3) is 5.56 Å². The number of nitrogens with one attached hydrogen (secondary N) is 1. The molecule has 0 aromatic carbocycles. The predicted molar refractivity (Wildman–Crippen MR) is 134 cm³/mol. The first-order valence-electron chi connectivity index (χ1n) is 11.2. The quantitative estimate of drug-likeness (QED) is 0.384. The monoisotopic (exact) mass is 513 g/mol. The topological polar surface area (TPSA) is 94.5 Å². The van der Waals surface area contributed by atoms with Crippen LogP contribution in [0.25, 0.3) is 11.3 Å². The highest BCUT2D eigenvalue weighted by Gasteiger charge is 2.21. The number of pyridine rings is 1. The molecule has 4 aromatic rings. The maximum absolute atomic E-state index is 13.3. The molecule has 182 valence electrons. The van der Waals surface area contributed by atoms with Gasteiger partial charge in [-0.2, -0.15) is 9.78 Å². The number of rotatable bonds is 8. The Labute approximate surface area is 210 Å². The second kappa shape index (κ2) is 10.6. The van der Waals surface area contributed by atoms with Crippen molar-refractivity contribution >= 4 is 34.7 Å². The third-order valence-corrected chi connectivity index (χ3v) is 6.99. The minimum Gasteiger partial charge on any atom is -0.459 e. The summed E-state index contributed by atoms with van der Waals surface area (Å²) < 4.78 is 14.3. The maximum atomic E-state index is 13.3. The zero-order chi connectivity index (χ0) is 24.2. The van der Waals surface area contributed by atoms with Crippen LogP contribution >= 0.6 is 22.9 Å². The Morgan fingerprint density at radius 2 is 2.00 bits per heavy atom. The fourth-order valence-electron chi connectivity index (χ4n) is 3.90. The van der Waals surface area contributed by atoms with Gasteiger partial charge in [-0.3, -0.25) is 14.5 Å². The van der Waals surface area contributed by atoms with E-state index in [-0.39, 0.29) is 11.3 Å². The molecule has 11 heteroatoms. The number of anilines is 1. The SMILES string of the molecule is O=C(c1ccco1)n1nc(-c2cccn(CCN3CCOCC3)c2=O)cc1NCc1ccc(Cl)s1. The molecule has 5 rings (SSSR count). The average molecular weight is 514 g/mol. The van der Waals surface area contributed by atoms with E-state index >= 15 is 0 Å². The van der Waals surface area contributed by atoms with Crippen molar-refractivity contribution in [1.29, 1.82) is 0 Å². The van der Waals surface area contributed by atoms with Crippen LogP contribution in [0.4, 0.5) is 5.82 Å². The highest BCUT2D eigenvalue weighted by atomic mass is 35.5. The summed E-state index contributed by atoms with van der Waals surface area (Å²) in [4.78, 5) is 29.6. The third kappa shape index (κ3) is 5.40. The molecule has 0 atom stereocenters. The van der Waals surface area contributed by atoms with Gasteiger partial charge in [0.1, 0.15) is 11.5 Å². The number of ether oxygens (including phenoxy) is 1. The number of furan rings is 1. The molecule has 1 aliphatic rings. The molecule has 1 saturated heterocycles. The smallest absolute Gasteiger partial charge is 0.315 e. The average Bonchev–Trinajstić information content (AvgIpc) is 3.64. The van der Waals surface area contributed by atoms with Crippen molar-refractivity contribution in [2.75, 3.05) is 38.2 Å². The van der Waals surface area contributed by atoms with Gasteiger partial charge in [0, 0.05) is 43.3 Å². The van der Waals surface area contributed by atoms with Crippen LogP contribution in [0.2, 0.25) is 4.34 Å². The van der Waals surface area contributed by atoms with Crippen LogP contribution in [0, 0.1) is 0 Å². The van der Waals surface area contributed by atoms with E-state index in [0.29, 0.717) is 47.7 Å². The van der Waals surface area contributed by atoms with Gasteiger partial charge in [0.15, 0.2) is 5.76 Å². The minimum atomic E-state index is -0.434. The second-order valence-electron chi connectivity index (χ2n) is 8.04. The molecule has 0 amide bonds. The van der Waals surface area contributed by atoms with Crippen molar-refractivity contribution in [2.45, 2.75) is 13.1 Å². The molecule has 0 radical (unpaired) electrons. The van der Waals surface area contributed by atoms with E-state index in [2.05, 4.69) is 15.3 Å². The van der Waals surface area contributed by atoms with E-state index in [9.17, 15) is 9.59 Å². The number of aromatic nitrogens is 3. The Morgan fingerprint density at radius 1 is 1.14 bits per heavy atom. The molecule has 4 aromatic heterocycles. The van der Waals surface area contributed by atoms with Crippen LogP contribution in [0.5, 0.6) is 0 Å². The zero-order valence-electron chi connectivity index (χ0n) is 18.9. The third-order valence-electron chi connectivity index (χ3n) is 5.76. The Morgan fingerprint density at radius 3 is 2.74 bits per heavy atom. The van der Waals surface area contributed by atoms with Crippen molar-refractivity contribution in [3.05, 3.63) is 80.3 Å².